The van der Waals surface area contributed by atoms with Gasteiger partial charge in [-0.15, -0.1) is 0 Å². The van der Waals surface area contributed by atoms with Crippen LogP contribution in [-0.4, -0.2) is 30.0 Å². The zero-order chi connectivity index (χ0) is 8.36. The van der Waals surface area contributed by atoms with E-state index in [-0.39, 0.29) is 6.04 Å². The summed E-state index contributed by atoms with van der Waals surface area (Å²) in [4.78, 5) is 0. The summed E-state index contributed by atoms with van der Waals surface area (Å²) >= 11 is 0. The van der Waals surface area contributed by atoms with Crippen LogP contribution in [0.2, 0.25) is 0 Å². The average Bonchev–Trinajstić information content (AvgIpc) is 1.86. The number of hydrogen-bond acceptors (Lipinski definition) is 3. The molecule has 0 fully saturated rings. The van der Waals surface area contributed by atoms with E-state index in [0.717, 1.165) is 0 Å². The fourth-order valence-corrected chi connectivity index (χ4v) is 0.717. The molecule has 3 nitrogen and oxygen atoms in total. The van der Waals surface area contributed by atoms with Crippen molar-refractivity contribution < 1.29 is 9.84 Å². The Kier molecular flexibility index (Phi) is 3.28. The third-order valence-corrected chi connectivity index (χ3v) is 1.85. The lowest BCUT2D eigenvalue weighted by atomic mass is 9.95. The van der Waals surface area contributed by atoms with Gasteiger partial charge in [0, 0.05) is 7.11 Å². The molecule has 0 aliphatic heterocycles. The van der Waals surface area contributed by atoms with Gasteiger partial charge >= 0.3 is 0 Å². The van der Waals surface area contributed by atoms with Crippen LogP contribution in [0.4, 0.5) is 0 Å². The van der Waals surface area contributed by atoms with E-state index in [0.29, 0.717) is 0 Å². The van der Waals surface area contributed by atoms with E-state index in [1.54, 1.807) is 14.0 Å². The highest BCUT2D eigenvalue weighted by Gasteiger charge is 2.29. The maximum Gasteiger partial charge on any atom is 0.0798 e. The molecule has 0 aromatic carbocycles. The van der Waals surface area contributed by atoms with Crippen LogP contribution < -0.4 is 5.73 Å². The fourth-order valence-electron chi connectivity index (χ4n) is 0.717. The van der Waals surface area contributed by atoms with Crippen molar-refractivity contribution in [2.24, 2.45) is 5.73 Å². The predicted molar refractivity (Wildman–Crippen MR) is 40.7 cm³/mol. The summed E-state index contributed by atoms with van der Waals surface area (Å²) in [6.07, 6.45) is -0.532. The van der Waals surface area contributed by atoms with E-state index < -0.39 is 11.7 Å². The third-order valence-electron chi connectivity index (χ3n) is 1.85. The molecule has 62 valence electrons. The maximum atomic E-state index is 9.08. The number of aliphatic hydroxyl groups is 1. The highest BCUT2D eigenvalue weighted by molar-refractivity contribution is 4.85. The summed E-state index contributed by atoms with van der Waals surface area (Å²) < 4.78 is 5.08. The first-order chi connectivity index (χ1) is 4.41. The topological polar surface area (TPSA) is 55.5 Å². The van der Waals surface area contributed by atoms with E-state index in [2.05, 4.69) is 0 Å². The SMILES string of the molecule is COC(C)(C)[C@H](N)[C@@H](C)O. The van der Waals surface area contributed by atoms with E-state index in [9.17, 15) is 0 Å². The molecule has 0 unspecified atom stereocenters. The molecular weight excluding hydrogens is 130 g/mol. The van der Waals surface area contributed by atoms with Crippen molar-refractivity contribution in [1.29, 1.82) is 0 Å². The summed E-state index contributed by atoms with van der Waals surface area (Å²) in [5, 5.41) is 9.08. The summed E-state index contributed by atoms with van der Waals surface area (Å²) in [5.74, 6) is 0. The second-order valence-corrected chi connectivity index (χ2v) is 3.07. The second kappa shape index (κ2) is 3.32. The fraction of sp³-hybridized carbons (Fsp3) is 1.00. The first-order valence-electron chi connectivity index (χ1n) is 3.40. The molecule has 0 heterocycles. The minimum absolute atomic E-state index is 0.336. The Morgan fingerprint density at radius 2 is 1.90 bits per heavy atom. The Morgan fingerprint density at radius 1 is 1.50 bits per heavy atom. The lowest BCUT2D eigenvalue weighted by Gasteiger charge is -2.31. The van der Waals surface area contributed by atoms with Crippen LogP contribution in [0.5, 0.6) is 0 Å². The number of hydrogen-bond donors (Lipinski definition) is 2. The number of methoxy groups -OCH3 is 1. The van der Waals surface area contributed by atoms with Gasteiger partial charge in [-0.05, 0) is 20.8 Å². The van der Waals surface area contributed by atoms with Gasteiger partial charge in [0.2, 0.25) is 0 Å². The van der Waals surface area contributed by atoms with E-state index in [1.807, 2.05) is 13.8 Å². The van der Waals surface area contributed by atoms with Gasteiger partial charge in [-0.1, -0.05) is 0 Å². The van der Waals surface area contributed by atoms with Gasteiger partial charge in [0.1, 0.15) is 0 Å². The van der Waals surface area contributed by atoms with Crippen molar-refractivity contribution in [3.63, 3.8) is 0 Å². The second-order valence-electron chi connectivity index (χ2n) is 3.07. The minimum atomic E-state index is -0.532. The first kappa shape index (κ1) is 9.88. The van der Waals surface area contributed by atoms with E-state index in [1.165, 1.54) is 0 Å². The largest absolute Gasteiger partial charge is 0.392 e. The quantitative estimate of drug-likeness (QED) is 0.596. The smallest absolute Gasteiger partial charge is 0.0798 e. The van der Waals surface area contributed by atoms with Crippen LogP contribution in [0.15, 0.2) is 0 Å². The first-order valence-corrected chi connectivity index (χ1v) is 3.40. The molecule has 2 atom stereocenters. The van der Waals surface area contributed by atoms with Crippen molar-refractivity contribution in [3.8, 4) is 0 Å². The zero-order valence-electron chi connectivity index (χ0n) is 7.09. The predicted octanol–water partition coefficient (Wildman–Crippen LogP) is 0.120. The van der Waals surface area contributed by atoms with E-state index >= 15 is 0 Å². The highest BCUT2D eigenvalue weighted by atomic mass is 16.5. The number of rotatable bonds is 3. The molecular formula is C7H17NO2. The summed E-state index contributed by atoms with van der Waals surface area (Å²) in [5.41, 5.74) is 5.18. The average molecular weight is 147 g/mol. The van der Waals surface area contributed by atoms with Gasteiger partial charge in [0.15, 0.2) is 0 Å². The van der Waals surface area contributed by atoms with Crippen molar-refractivity contribution in [2.75, 3.05) is 7.11 Å². The molecule has 0 aliphatic rings. The zero-order valence-corrected chi connectivity index (χ0v) is 7.09. The normalized spacial score (nSPS) is 18.6. The Labute approximate surface area is 62.2 Å². The molecule has 0 aromatic heterocycles. The van der Waals surface area contributed by atoms with Gasteiger partial charge in [-0.25, -0.2) is 0 Å². The Hall–Kier alpha value is -0.120. The van der Waals surface area contributed by atoms with Gasteiger partial charge in [-0.2, -0.15) is 0 Å². The van der Waals surface area contributed by atoms with Crippen molar-refractivity contribution in [1.82, 2.24) is 0 Å². The Balaban J connectivity index is 4.03. The Bertz CT molecular complexity index is 102. The molecule has 10 heavy (non-hydrogen) atoms. The van der Waals surface area contributed by atoms with Crippen molar-refractivity contribution in [3.05, 3.63) is 0 Å². The molecule has 0 spiro atoms. The molecule has 0 bridgehead atoms. The molecule has 0 saturated heterocycles. The molecule has 0 rings (SSSR count). The van der Waals surface area contributed by atoms with Crippen LogP contribution in [-0.2, 0) is 4.74 Å². The molecule has 0 radical (unpaired) electrons. The van der Waals surface area contributed by atoms with Crippen molar-refractivity contribution >= 4 is 0 Å². The summed E-state index contributed by atoms with van der Waals surface area (Å²) in [7, 11) is 1.59. The molecule has 0 saturated carbocycles. The van der Waals surface area contributed by atoms with Gasteiger partial charge in [-0.3, -0.25) is 0 Å². The molecule has 0 amide bonds. The van der Waals surface area contributed by atoms with Crippen LogP contribution >= 0.6 is 0 Å². The number of ether oxygens (including phenoxy) is 1. The molecule has 3 N–H and O–H groups in total. The summed E-state index contributed by atoms with van der Waals surface area (Å²) in [6, 6.07) is -0.336. The van der Waals surface area contributed by atoms with E-state index in [4.69, 9.17) is 15.6 Å². The molecule has 3 heteroatoms. The Morgan fingerprint density at radius 3 is 2.00 bits per heavy atom. The monoisotopic (exact) mass is 147 g/mol. The van der Waals surface area contributed by atoms with Crippen molar-refractivity contribution in [2.45, 2.75) is 38.5 Å². The van der Waals surface area contributed by atoms with Gasteiger partial charge in [0.05, 0.1) is 17.7 Å². The van der Waals surface area contributed by atoms with Crippen LogP contribution in [0.1, 0.15) is 20.8 Å². The molecule has 0 aliphatic carbocycles. The number of nitrogens with two attached hydrogens (primary N) is 1. The van der Waals surface area contributed by atoms with Gasteiger partial charge < -0.3 is 15.6 Å². The van der Waals surface area contributed by atoms with Gasteiger partial charge in [0.25, 0.3) is 0 Å². The molecule has 0 aromatic rings. The van der Waals surface area contributed by atoms with Crippen LogP contribution in [0, 0.1) is 0 Å². The maximum absolute atomic E-state index is 9.08. The lowest BCUT2D eigenvalue weighted by molar-refractivity contribution is -0.0339. The highest BCUT2D eigenvalue weighted by Crippen LogP contribution is 2.13. The summed E-state index contributed by atoms with van der Waals surface area (Å²) in [6.45, 7) is 5.36. The van der Waals surface area contributed by atoms with Crippen LogP contribution in [0.25, 0.3) is 0 Å². The minimum Gasteiger partial charge on any atom is -0.392 e. The lowest BCUT2D eigenvalue weighted by Crippen LogP contribution is -2.51. The van der Waals surface area contributed by atoms with Crippen LogP contribution in [0.3, 0.4) is 0 Å². The number of aliphatic hydroxyl groups excluding tert-OH is 1. The third kappa shape index (κ3) is 2.25. The standard InChI is InChI=1S/C7H17NO2/c1-5(9)6(8)7(2,3)10-4/h5-6,9H,8H2,1-4H3/t5-,6-/m1/s1.